The van der Waals surface area contributed by atoms with E-state index in [1.165, 1.54) is 18.7 Å². The average molecular weight is 290 g/mol. The van der Waals surface area contributed by atoms with E-state index >= 15 is 0 Å². The van der Waals surface area contributed by atoms with Gasteiger partial charge in [0.25, 0.3) is 0 Å². The van der Waals surface area contributed by atoms with Gasteiger partial charge < -0.3 is 15.0 Å². The van der Waals surface area contributed by atoms with E-state index < -0.39 is 0 Å². The molecule has 21 heavy (non-hydrogen) atoms. The van der Waals surface area contributed by atoms with Gasteiger partial charge in [0.2, 0.25) is 0 Å². The van der Waals surface area contributed by atoms with E-state index in [-0.39, 0.29) is 0 Å². The van der Waals surface area contributed by atoms with Gasteiger partial charge in [-0.2, -0.15) is 0 Å². The van der Waals surface area contributed by atoms with E-state index in [0.29, 0.717) is 6.04 Å². The molecule has 2 rings (SSSR count). The Morgan fingerprint density at radius 1 is 1.29 bits per heavy atom. The molecule has 0 saturated carbocycles. The largest absolute Gasteiger partial charge is 0.497 e. The molecule has 1 aromatic carbocycles. The summed E-state index contributed by atoms with van der Waals surface area (Å²) >= 11 is 0. The Morgan fingerprint density at radius 3 is 2.62 bits per heavy atom. The van der Waals surface area contributed by atoms with E-state index in [1.54, 1.807) is 7.11 Å². The zero-order chi connectivity index (χ0) is 15.2. The van der Waals surface area contributed by atoms with Crippen LogP contribution in [0.2, 0.25) is 0 Å². The van der Waals surface area contributed by atoms with E-state index in [4.69, 9.17) is 4.74 Å². The molecule has 0 bridgehead atoms. The molecule has 0 radical (unpaired) electrons. The molecule has 1 fully saturated rings. The minimum Gasteiger partial charge on any atom is -0.497 e. The molecule has 3 nitrogen and oxygen atoms in total. The molecule has 0 aromatic heterocycles. The van der Waals surface area contributed by atoms with E-state index in [1.807, 2.05) is 6.07 Å². The highest BCUT2D eigenvalue weighted by Gasteiger charge is 2.27. The molecule has 0 aliphatic carbocycles. The number of ether oxygens (including phenoxy) is 1. The topological polar surface area (TPSA) is 24.5 Å². The minimum absolute atomic E-state index is 0.387. The van der Waals surface area contributed by atoms with Crippen LogP contribution in [0.4, 0.5) is 0 Å². The highest BCUT2D eigenvalue weighted by atomic mass is 16.5. The molecule has 3 unspecified atom stereocenters. The molecule has 1 N–H and O–H groups in total. The molecule has 1 aromatic rings. The second-order valence-corrected chi connectivity index (χ2v) is 6.46. The summed E-state index contributed by atoms with van der Waals surface area (Å²) in [5.74, 6) is 2.56. The molecule has 3 heteroatoms. The second kappa shape index (κ2) is 7.81. The van der Waals surface area contributed by atoms with E-state index in [2.05, 4.69) is 49.2 Å². The fraction of sp³-hybridized carbons (Fsp3) is 0.667. The predicted octanol–water partition coefficient (Wildman–Crippen LogP) is 3.32. The third kappa shape index (κ3) is 4.45. The molecule has 0 spiro atoms. The fourth-order valence-electron chi connectivity index (χ4n) is 3.12. The Balaban J connectivity index is 2.06. The van der Waals surface area contributed by atoms with Crippen molar-refractivity contribution in [3.05, 3.63) is 29.8 Å². The maximum atomic E-state index is 5.37. The predicted molar refractivity (Wildman–Crippen MR) is 88.8 cm³/mol. The quantitative estimate of drug-likeness (QED) is 0.833. The summed E-state index contributed by atoms with van der Waals surface area (Å²) in [4.78, 5) is 2.60. The van der Waals surface area contributed by atoms with Crippen molar-refractivity contribution in [3.8, 4) is 5.75 Å². The highest BCUT2D eigenvalue weighted by Crippen LogP contribution is 2.26. The summed E-state index contributed by atoms with van der Waals surface area (Å²) in [6.45, 7) is 11.5. The van der Waals surface area contributed by atoms with Gasteiger partial charge in [-0.25, -0.2) is 0 Å². The molecule has 0 amide bonds. The van der Waals surface area contributed by atoms with E-state index in [9.17, 15) is 0 Å². The van der Waals surface area contributed by atoms with Gasteiger partial charge in [-0.15, -0.1) is 0 Å². The summed E-state index contributed by atoms with van der Waals surface area (Å²) in [5.41, 5.74) is 1.33. The van der Waals surface area contributed by atoms with Crippen molar-refractivity contribution >= 4 is 0 Å². The summed E-state index contributed by atoms with van der Waals surface area (Å²) in [5, 5.41) is 3.70. The zero-order valence-electron chi connectivity index (χ0n) is 13.9. The van der Waals surface area contributed by atoms with Crippen molar-refractivity contribution in [3.63, 3.8) is 0 Å². The fourth-order valence-corrected chi connectivity index (χ4v) is 3.12. The van der Waals surface area contributed by atoms with Crippen LogP contribution in [0.15, 0.2) is 24.3 Å². The number of hydrogen-bond donors (Lipinski definition) is 1. The number of hydrogen-bond acceptors (Lipinski definition) is 3. The van der Waals surface area contributed by atoms with Crippen molar-refractivity contribution < 1.29 is 4.74 Å². The van der Waals surface area contributed by atoms with Crippen LogP contribution >= 0.6 is 0 Å². The Bertz CT molecular complexity index is 425. The van der Waals surface area contributed by atoms with Crippen LogP contribution in [-0.2, 0) is 0 Å². The first kappa shape index (κ1) is 16.3. The molecule has 118 valence electrons. The summed E-state index contributed by atoms with van der Waals surface area (Å²) in [6, 6.07) is 8.86. The normalized spacial score (nSPS) is 24.2. The average Bonchev–Trinajstić information content (AvgIpc) is 2.81. The van der Waals surface area contributed by atoms with Crippen molar-refractivity contribution in [1.82, 2.24) is 10.2 Å². The standard InChI is InChI=1S/C18H30N2O/c1-5-9-19-18(13-20-11-14(2)15(3)12-20)16-7-6-8-17(10-16)21-4/h6-8,10,14-15,18-19H,5,9,11-13H2,1-4H3. The Kier molecular flexibility index (Phi) is 6.07. The third-order valence-electron chi connectivity index (χ3n) is 4.64. The number of likely N-dealkylation sites (tertiary alicyclic amines) is 1. The molecule has 1 heterocycles. The lowest BCUT2D eigenvalue weighted by atomic mass is 10.0. The Labute approximate surface area is 129 Å². The SMILES string of the molecule is CCCNC(CN1CC(C)C(C)C1)c1cccc(OC)c1. The Hall–Kier alpha value is -1.06. The maximum absolute atomic E-state index is 5.37. The number of benzene rings is 1. The van der Waals surface area contributed by atoms with E-state index in [0.717, 1.165) is 37.1 Å². The molecule has 1 saturated heterocycles. The lowest BCUT2D eigenvalue weighted by molar-refractivity contribution is 0.281. The first-order valence-corrected chi connectivity index (χ1v) is 8.23. The van der Waals surface area contributed by atoms with Gasteiger partial charge in [-0.05, 0) is 42.5 Å². The summed E-state index contributed by atoms with van der Waals surface area (Å²) in [7, 11) is 1.73. The van der Waals surface area contributed by atoms with Crippen molar-refractivity contribution in [2.45, 2.75) is 33.2 Å². The monoisotopic (exact) mass is 290 g/mol. The highest BCUT2D eigenvalue weighted by molar-refractivity contribution is 5.30. The molecular weight excluding hydrogens is 260 g/mol. The van der Waals surface area contributed by atoms with Crippen LogP contribution in [0.3, 0.4) is 0 Å². The number of rotatable bonds is 7. The van der Waals surface area contributed by atoms with Crippen LogP contribution in [0, 0.1) is 11.8 Å². The molecule has 1 aliphatic heterocycles. The zero-order valence-corrected chi connectivity index (χ0v) is 13.9. The molecule has 3 atom stereocenters. The van der Waals surface area contributed by atoms with Crippen molar-refractivity contribution in [2.75, 3.05) is 33.3 Å². The lowest BCUT2D eigenvalue weighted by Crippen LogP contribution is -2.34. The molecular formula is C18H30N2O. The van der Waals surface area contributed by atoms with Gasteiger partial charge in [0.15, 0.2) is 0 Å². The summed E-state index contributed by atoms with van der Waals surface area (Å²) < 4.78 is 5.37. The van der Waals surface area contributed by atoms with Crippen LogP contribution in [0.25, 0.3) is 0 Å². The van der Waals surface area contributed by atoms with Gasteiger partial charge in [0.05, 0.1) is 7.11 Å². The van der Waals surface area contributed by atoms with Crippen LogP contribution in [-0.4, -0.2) is 38.2 Å². The van der Waals surface area contributed by atoms with Gasteiger partial charge in [-0.1, -0.05) is 32.9 Å². The third-order valence-corrected chi connectivity index (χ3v) is 4.64. The van der Waals surface area contributed by atoms with Gasteiger partial charge in [-0.3, -0.25) is 0 Å². The lowest BCUT2D eigenvalue weighted by Gasteiger charge is -2.25. The van der Waals surface area contributed by atoms with Gasteiger partial charge >= 0.3 is 0 Å². The minimum atomic E-state index is 0.387. The van der Waals surface area contributed by atoms with Gasteiger partial charge in [0, 0.05) is 25.7 Å². The smallest absolute Gasteiger partial charge is 0.119 e. The first-order valence-electron chi connectivity index (χ1n) is 8.23. The molecule has 1 aliphatic rings. The van der Waals surface area contributed by atoms with Gasteiger partial charge in [0.1, 0.15) is 5.75 Å². The number of nitrogens with one attached hydrogen (secondary N) is 1. The van der Waals surface area contributed by atoms with Crippen molar-refractivity contribution in [2.24, 2.45) is 11.8 Å². The number of methoxy groups -OCH3 is 1. The van der Waals surface area contributed by atoms with Crippen LogP contribution in [0.5, 0.6) is 5.75 Å². The van der Waals surface area contributed by atoms with Crippen LogP contribution < -0.4 is 10.1 Å². The Morgan fingerprint density at radius 2 is 2.00 bits per heavy atom. The van der Waals surface area contributed by atoms with Crippen LogP contribution in [0.1, 0.15) is 38.8 Å². The first-order chi connectivity index (χ1) is 10.1. The maximum Gasteiger partial charge on any atom is 0.119 e. The second-order valence-electron chi connectivity index (χ2n) is 6.46. The number of nitrogens with zero attached hydrogens (tertiary/aromatic N) is 1. The summed E-state index contributed by atoms with van der Waals surface area (Å²) in [6.07, 6.45) is 1.16. The van der Waals surface area contributed by atoms with Crippen molar-refractivity contribution in [1.29, 1.82) is 0 Å².